The third-order valence-corrected chi connectivity index (χ3v) is 4.96. The first-order chi connectivity index (χ1) is 12.7. The first-order valence-corrected chi connectivity index (χ1v) is 8.48. The molecule has 0 aliphatic heterocycles. The van der Waals surface area contributed by atoms with Crippen molar-refractivity contribution >= 4 is 17.3 Å². The Morgan fingerprint density at radius 3 is 2.65 bits per heavy atom. The van der Waals surface area contributed by atoms with Gasteiger partial charge in [-0.15, -0.1) is 0 Å². The summed E-state index contributed by atoms with van der Waals surface area (Å²) in [6.45, 7) is 1.91. The van der Waals surface area contributed by atoms with Crippen molar-refractivity contribution in [2.75, 3.05) is 0 Å². The zero-order chi connectivity index (χ0) is 18.1. The first-order valence-electron chi connectivity index (χ1n) is 7.67. The average Bonchev–Trinajstić information content (AvgIpc) is 3.28. The Morgan fingerprint density at radius 1 is 1.12 bits per heavy atom. The van der Waals surface area contributed by atoms with E-state index in [0.29, 0.717) is 27.4 Å². The minimum atomic E-state index is 0.435. The molecule has 7 nitrogen and oxygen atoms in total. The second-order valence-electron chi connectivity index (χ2n) is 5.51. The van der Waals surface area contributed by atoms with Gasteiger partial charge in [-0.05, 0) is 19.1 Å². The lowest BCUT2D eigenvalue weighted by atomic mass is 10.2. The molecule has 1 aromatic carbocycles. The molecule has 8 heteroatoms. The van der Waals surface area contributed by atoms with Crippen molar-refractivity contribution < 1.29 is 0 Å². The highest BCUT2D eigenvalue weighted by Crippen LogP contribution is 2.34. The highest BCUT2D eigenvalue weighted by Gasteiger charge is 2.17. The summed E-state index contributed by atoms with van der Waals surface area (Å²) in [6.07, 6.45) is 4.99. The second kappa shape index (κ2) is 6.36. The SMILES string of the molecule is Cc1[nH]ncc1-c1cn2ncc(C#N)c2c(Sc2ccccc2C#N)n1. The van der Waals surface area contributed by atoms with Crippen LogP contribution in [-0.4, -0.2) is 24.8 Å². The van der Waals surface area contributed by atoms with Crippen molar-refractivity contribution in [2.24, 2.45) is 0 Å². The maximum atomic E-state index is 9.41. The summed E-state index contributed by atoms with van der Waals surface area (Å²) in [5, 5.41) is 30.6. The van der Waals surface area contributed by atoms with E-state index < -0.39 is 0 Å². The number of nitrogens with one attached hydrogen (secondary N) is 1. The lowest BCUT2D eigenvalue weighted by Crippen LogP contribution is -1.97. The van der Waals surface area contributed by atoms with Gasteiger partial charge in [-0.2, -0.15) is 20.7 Å². The molecule has 0 bridgehead atoms. The molecule has 4 aromatic rings. The van der Waals surface area contributed by atoms with Crippen molar-refractivity contribution in [3.63, 3.8) is 0 Å². The number of hydrogen-bond donors (Lipinski definition) is 1. The lowest BCUT2D eigenvalue weighted by molar-refractivity contribution is 0.921. The fraction of sp³-hybridized carbons (Fsp3) is 0.0556. The van der Waals surface area contributed by atoms with Crippen molar-refractivity contribution in [2.45, 2.75) is 16.8 Å². The maximum Gasteiger partial charge on any atom is 0.129 e. The zero-order valence-corrected chi connectivity index (χ0v) is 14.4. The minimum absolute atomic E-state index is 0.435. The Balaban J connectivity index is 1.94. The van der Waals surface area contributed by atoms with Gasteiger partial charge in [0.25, 0.3) is 0 Å². The number of H-pyrrole nitrogens is 1. The van der Waals surface area contributed by atoms with Crippen LogP contribution in [0.15, 0.2) is 52.8 Å². The molecule has 0 atom stereocenters. The number of hydrogen-bond acceptors (Lipinski definition) is 6. The van der Waals surface area contributed by atoms with Gasteiger partial charge in [-0.1, -0.05) is 23.9 Å². The van der Waals surface area contributed by atoms with Gasteiger partial charge in [0.15, 0.2) is 0 Å². The molecule has 0 aliphatic carbocycles. The summed E-state index contributed by atoms with van der Waals surface area (Å²) >= 11 is 1.34. The molecule has 0 radical (unpaired) electrons. The monoisotopic (exact) mass is 357 g/mol. The highest BCUT2D eigenvalue weighted by atomic mass is 32.2. The van der Waals surface area contributed by atoms with E-state index in [1.54, 1.807) is 23.0 Å². The number of benzene rings is 1. The number of nitrogens with zero attached hydrogens (tertiary/aromatic N) is 6. The summed E-state index contributed by atoms with van der Waals surface area (Å²) < 4.78 is 1.64. The van der Waals surface area contributed by atoms with Gasteiger partial charge in [0.05, 0.1) is 29.8 Å². The molecule has 124 valence electrons. The van der Waals surface area contributed by atoms with Gasteiger partial charge >= 0.3 is 0 Å². The molecular formula is C18H11N7S. The molecule has 0 aliphatic rings. The molecule has 0 saturated carbocycles. The van der Waals surface area contributed by atoms with Crippen molar-refractivity contribution in [3.05, 3.63) is 59.7 Å². The van der Waals surface area contributed by atoms with Crippen LogP contribution in [0.4, 0.5) is 0 Å². The second-order valence-corrected chi connectivity index (χ2v) is 6.54. The molecule has 3 heterocycles. The number of nitriles is 2. The summed E-state index contributed by atoms with van der Waals surface area (Å²) in [5.41, 5.74) is 4.04. The van der Waals surface area contributed by atoms with Crippen LogP contribution in [-0.2, 0) is 0 Å². The Kier molecular flexibility index (Phi) is 3.88. The Bertz CT molecular complexity index is 1210. The molecule has 0 unspecified atom stereocenters. The molecule has 26 heavy (non-hydrogen) atoms. The van der Waals surface area contributed by atoms with E-state index in [-0.39, 0.29) is 0 Å². The first kappa shape index (κ1) is 15.9. The van der Waals surface area contributed by atoms with Crippen molar-refractivity contribution in [1.29, 1.82) is 10.5 Å². The van der Waals surface area contributed by atoms with Gasteiger partial charge in [0.1, 0.15) is 28.2 Å². The topological polar surface area (TPSA) is 106 Å². The van der Waals surface area contributed by atoms with Crippen LogP contribution in [0.3, 0.4) is 0 Å². The summed E-state index contributed by atoms with van der Waals surface area (Å²) in [5.74, 6) is 0. The van der Waals surface area contributed by atoms with Crippen LogP contribution in [0.5, 0.6) is 0 Å². The molecule has 0 saturated heterocycles. The number of aryl methyl sites for hydroxylation is 1. The number of fused-ring (bicyclic) bond motifs is 1. The summed E-state index contributed by atoms with van der Waals surface area (Å²) in [6, 6.07) is 11.6. The minimum Gasteiger partial charge on any atom is -0.282 e. The van der Waals surface area contributed by atoms with E-state index in [4.69, 9.17) is 4.98 Å². The Morgan fingerprint density at radius 2 is 1.92 bits per heavy atom. The normalized spacial score (nSPS) is 10.6. The van der Waals surface area contributed by atoms with Crippen LogP contribution in [0.2, 0.25) is 0 Å². The number of aromatic nitrogens is 5. The molecule has 0 fully saturated rings. The molecule has 1 N–H and O–H groups in total. The quantitative estimate of drug-likeness (QED) is 0.603. The fourth-order valence-electron chi connectivity index (χ4n) is 2.62. The van der Waals surface area contributed by atoms with Gasteiger partial charge in [0.2, 0.25) is 0 Å². The summed E-state index contributed by atoms with van der Waals surface area (Å²) in [7, 11) is 0. The maximum absolute atomic E-state index is 9.41. The summed E-state index contributed by atoms with van der Waals surface area (Å²) in [4.78, 5) is 5.51. The fourth-order valence-corrected chi connectivity index (χ4v) is 3.65. The van der Waals surface area contributed by atoms with Gasteiger partial charge < -0.3 is 0 Å². The third kappa shape index (κ3) is 2.59. The zero-order valence-electron chi connectivity index (χ0n) is 13.6. The van der Waals surface area contributed by atoms with E-state index in [1.807, 2.05) is 25.1 Å². The van der Waals surface area contributed by atoms with Gasteiger partial charge in [-0.25, -0.2) is 9.50 Å². The van der Waals surface area contributed by atoms with Crippen LogP contribution in [0, 0.1) is 29.6 Å². The molecule has 3 aromatic heterocycles. The number of aromatic amines is 1. The third-order valence-electron chi connectivity index (χ3n) is 3.91. The molecular weight excluding hydrogens is 346 g/mol. The van der Waals surface area contributed by atoms with Gasteiger partial charge in [-0.3, -0.25) is 5.10 Å². The average molecular weight is 357 g/mol. The van der Waals surface area contributed by atoms with Crippen molar-refractivity contribution in [3.8, 4) is 23.4 Å². The standard InChI is InChI=1S/C18H11N7S/c1-11-14(9-21-24-11)15-10-25-17(13(7-20)8-22-25)18(23-15)26-16-5-3-2-4-12(16)6-19/h2-5,8-10H,1H3,(H,21,24). The van der Waals surface area contributed by atoms with Crippen molar-refractivity contribution in [1.82, 2.24) is 24.8 Å². The van der Waals surface area contributed by atoms with E-state index in [9.17, 15) is 10.5 Å². The number of rotatable bonds is 3. The van der Waals surface area contributed by atoms with Crippen LogP contribution in [0.25, 0.3) is 16.8 Å². The molecule has 4 rings (SSSR count). The predicted molar refractivity (Wildman–Crippen MR) is 95.3 cm³/mol. The van der Waals surface area contributed by atoms with E-state index in [2.05, 4.69) is 27.4 Å². The molecule has 0 spiro atoms. The highest BCUT2D eigenvalue weighted by molar-refractivity contribution is 7.99. The van der Waals surface area contributed by atoms with Crippen LogP contribution >= 0.6 is 11.8 Å². The van der Waals surface area contributed by atoms with E-state index in [1.165, 1.54) is 18.0 Å². The lowest BCUT2D eigenvalue weighted by Gasteiger charge is -2.08. The van der Waals surface area contributed by atoms with Crippen LogP contribution < -0.4 is 0 Å². The Labute approximate surface area is 152 Å². The van der Waals surface area contributed by atoms with Gasteiger partial charge in [0, 0.05) is 16.2 Å². The smallest absolute Gasteiger partial charge is 0.129 e. The largest absolute Gasteiger partial charge is 0.282 e. The van der Waals surface area contributed by atoms with Crippen LogP contribution in [0.1, 0.15) is 16.8 Å². The van der Waals surface area contributed by atoms with E-state index >= 15 is 0 Å². The Hall–Kier alpha value is -3.62. The predicted octanol–water partition coefficient (Wildman–Crippen LogP) is 3.32. The molecule has 0 amide bonds. The van der Waals surface area contributed by atoms with E-state index in [0.717, 1.165) is 16.2 Å².